The molecule has 1 heteroatoms. The van der Waals surface area contributed by atoms with Gasteiger partial charge < -0.3 is 4.74 Å². The van der Waals surface area contributed by atoms with Gasteiger partial charge >= 0.3 is 0 Å². The Morgan fingerprint density at radius 1 is 1.12 bits per heavy atom. The third kappa shape index (κ3) is 3.71. The molecular formula is C16H24O. The number of benzene rings is 1. The van der Waals surface area contributed by atoms with Crippen molar-refractivity contribution in [2.24, 2.45) is 5.41 Å². The predicted octanol–water partition coefficient (Wildman–Crippen LogP) is 4.24. The number of rotatable bonds is 5. The molecule has 0 aromatic heterocycles. The fourth-order valence-electron chi connectivity index (χ4n) is 1.61. The first kappa shape index (κ1) is 14.0. The van der Waals surface area contributed by atoms with Gasteiger partial charge in [0.1, 0.15) is 0 Å². The minimum atomic E-state index is -0.276. The van der Waals surface area contributed by atoms with Gasteiger partial charge in [0.2, 0.25) is 0 Å². The third-order valence-corrected chi connectivity index (χ3v) is 3.51. The largest absolute Gasteiger partial charge is 0.370 e. The zero-order valence-corrected chi connectivity index (χ0v) is 11.5. The summed E-state index contributed by atoms with van der Waals surface area (Å²) in [5.41, 5.74) is 1.10. The van der Waals surface area contributed by atoms with E-state index in [1.165, 1.54) is 5.56 Å². The van der Waals surface area contributed by atoms with Crippen LogP contribution in [0.5, 0.6) is 0 Å². The molecule has 1 aromatic rings. The van der Waals surface area contributed by atoms with Crippen LogP contribution >= 0.6 is 0 Å². The zero-order chi connectivity index (χ0) is 12.9. The molecule has 0 radical (unpaired) electrons. The maximum Gasteiger partial charge on any atom is 0.0879 e. The highest BCUT2D eigenvalue weighted by Gasteiger charge is 2.35. The lowest BCUT2D eigenvalue weighted by Gasteiger charge is -2.39. The number of hydrogen-bond acceptors (Lipinski definition) is 1. The maximum absolute atomic E-state index is 6.03. The molecule has 1 rings (SSSR count). The summed E-state index contributed by atoms with van der Waals surface area (Å²) < 4.78 is 6.03. The van der Waals surface area contributed by atoms with Crippen LogP contribution in [-0.2, 0) is 11.2 Å². The van der Waals surface area contributed by atoms with Crippen LogP contribution in [0.4, 0.5) is 0 Å². The molecule has 94 valence electrons. The van der Waals surface area contributed by atoms with Gasteiger partial charge in [0.15, 0.2) is 0 Å². The normalized spacial score (nSPS) is 15.3. The summed E-state index contributed by atoms with van der Waals surface area (Å²) in [4.78, 5) is 0. The van der Waals surface area contributed by atoms with Crippen molar-refractivity contribution in [3.05, 3.63) is 48.6 Å². The van der Waals surface area contributed by atoms with E-state index >= 15 is 0 Å². The van der Waals surface area contributed by atoms with Crippen LogP contribution in [0.15, 0.2) is 43.0 Å². The Morgan fingerprint density at radius 2 is 1.71 bits per heavy atom. The Balaban J connectivity index is 2.53. The highest BCUT2D eigenvalue weighted by Crippen LogP contribution is 2.34. The summed E-state index contributed by atoms with van der Waals surface area (Å²) in [6.07, 6.45) is 2.86. The van der Waals surface area contributed by atoms with Crippen molar-refractivity contribution in [1.82, 2.24) is 0 Å². The molecule has 0 aliphatic heterocycles. The molecule has 0 saturated carbocycles. The van der Waals surface area contributed by atoms with Crippen molar-refractivity contribution in [3.63, 3.8) is 0 Å². The fraction of sp³-hybridized carbons (Fsp3) is 0.500. The second-order valence-corrected chi connectivity index (χ2v) is 5.65. The Labute approximate surface area is 106 Å². The lowest BCUT2D eigenvalue weighted by Crippen LogP contribution is -2.41. The molecule has 0 saturated heterocycles. The molecule has 0 aliphatic carbocycles. The highest BCUT2D eigenvalue weighted by atomic mass is 16.5. The predicted molar refractivity (Wildman–Crippen MR) is 74.2 cm³/mol. The van der Waals surface area contributed by atoms with Gasteiger partial charge in [0, 0.05) is 0 Å². The summed E-state index contributed by atoms with van der Waals surface area (Å²) in [6, 6.07) is 10.4. The molecule has 0 N–H and O–H groups in total. The first-order valence-corrected chi connectivity index (χ1v) is 6.20. The number of hydrogen-bond donors (Lipinski definition) is 0. The van der Waals surface area contributed by atoms with E-state index < -0.39 is 0 Å². The second kappa shape index (κ2) is 5.50. The second-order valence-electron chi connectivity index (χ2n) is 5.65. The van der Waals surface area contributed by atoms with Crippen molar-refractivity contribution >= 4 is 0 Å². The molecular weight excluding hydrogens is 208 g/mol. The van der Waals surface area contributed by atoms with Crippen molar-refractivity contribution in [2.45, 2.75) is 39.7 Å². The van der Waals surface area contributed by atoms with E-state index in [2.05, 4.69) is 58.5 Å². The molecule has 1 nitrogen and oxygen atoms in total. The topological polar surface area (TPSA) is 9.23 Å². The first-order chi connectivity index (χ1) is 7.89. The Hall–Kier alpha value is -1.08. The molecule has 0 fully saturated rings. The molecule has 0 amide bonds. The van der Waals surface area contributed by atoms with Crippen LogP contribution in [0.2, 0.25) is 0 Å². The Bertz CT molecular complexity index is 348. The minimum absolute atomic E-state index is 0.0610. The Kier molecular flexibility index (Phi) is 4.53. The highest BCUT2D eigenvalue weighted by molar-refractivity contribution is 5.14. The van der Waals surface area contributed by atoms with Gasteiger partial charge in [-0.2, -0.15) is 0 Å². The average Bonchev–Trinajstić information content (AvgIpc) is 2.28. The van der Waals surface area contributed by atoms with Gasteiger partial charge in [-0.25, -0.2) is 0 Å². The standard InChI is InChI=1S/C16H24O/c1-6-16(5,15(2,3)4)17-13-12-14-10-8-7-9-11-14/h6-11H,1,12-13H2,2-5H3. The van der Waals surface area contributed by atoms with E-state index in [0.29, 0.717) is 0 Å². The monoisotopic (exact) mass is 232 g/mol. The molecule has 1 aromatic carbocycles. The molecule has 1 atom stereocenters. The van der Waals surface area contributed by atoms with Crippen molar-refractivity contribution < 1.29 is 4.74 Å². The van der Waals surface area contributed by atoms with Crippen LogP contribution in [0.3, 0.4) is 0 Å². The molecule has 1 unspecified atom stereocenters. The summed E-state index contributed by atoms with van der Waals surface area (Å²) in [5, 5.41) is 0. The van der Waals surface area contributed by atoms with Gasteiger partial charge in [0.05, 0.1) is 12.2 Å². The van der Waals surface area contributed by atoms with Crippen molar-refractivity contribution in [1.29, 1.82) is 0 Å². The molecule has 17 heavy (non-hydrogen) atoms. The maximum atomic E-state index is 6.03. The molecule has 0 heterocycles. The first-order valence-electron chi connectivity index (χ1n) is 6.20. The van der Waals surface area contributed by atoms with Gasteiger partial charge in [-0.3, -0.25) is 0 Å². The van der Waals surface area contributed by atoms with E-state index in [9.17, 15) is 0 Å². The van der Waals surface area contributed by atoms with E-state index in [-0.39, 0.29) is 11.0 Å². The van der Waals surface area contributed by atoms with Crippen LogP contribution in [-0.4, -0.2) is 12.2 Å². The van der Waals surface area contributed by atoms with Gasteiger partial charge in [-0.15, -0.1) is 6.58 Å². The smallest absolute Gasteiger partial charge is 0.0879 e. The zero-order valence-electron chi connectivity index (χ0n) is 11.5. The fourth-order valence-corrected chi connectivity index (χ4v) is 1.61. The van der Waals surface area contributed by atoms with Crippen molar-refractivity contribution in [2.75, 3.05) is 6.61 Å². The summed E-state index contributed by atoms with van der Waals surface area (Å²) in [5.74, 6) is 0. The average molecular weight is 232 g/mol. The number of ether oxygens (including phenoxy) is 1. The lowest BCUT2D eigenvalue weighted by atomic mass is 9.77. The van der Waals surface area contributed by atoms with Crippen LogP contribution < -0.4 is 0 Å². The third-order valence-electron chi connectivity index (χ3n) is 3.51. The van der Waals surface area contributed by atoms with Gasteiger partial charge in [-0.05, 0) is 24.3 Å². The molecule has 0 aliphatic rings. The van der Waals surface area contributed by atoms with Gasteiger partial charge in [0.25, 0.3) is 0 Å². The SMILES string of the molecule is C=CC(C)(OCCc1ccccc1)C(C)(C)C. The summed E-state index contributed by atoms with van der Waals surface area (Å²) >= 11 is 0. The lowest BCUT2D eigenvalue weighted by molar-refractivity contribution is -0.0661. The van der Waals surface area contributed by atoms with Crippen LogP contribution in [0, 0.1) is 5.41 Å². The van der Waals surface area contributed by atoms with Crippen LogP contribution in [0.1, 0.15) is 33.3 Å². The van der Waals surface area contributed by atoms with E-state index in [1.807, 2.05) is 12.1 Å². The molecule has 0 spiro atoms. The van der Waals surface area contributed by atoms with Crippen molar-refractivity contribution in [3.8, 4) is 0 Å². The van der Waals surface area contributed by atoms with E-state index in [4.69, 9.17) is 4.74 Å². The van der Waals surface area contributed by atoms with Crippen LogP contribution in [0.25, 0.3) is 0 Å². The summed E-state index contributed by atoms with van der Waals surface area (Å²) in [6.45, 7) is 13.3. The van der Waals surface area contributed by atoms with Gasteiger partial charge in [-0.1, -0.05) is 57.2 Å². The quantitative estimate of drug-likeness (QED) is 0.690. The van der Waals surface area contributed by atoms with E-state index in [1.54, 1.807) is 0 Å². The minimum Gasteiger partial charge on any atom is -0.370 e. The molecule has 0 bridgehead atoms. The van der Waals surface area contributed by atoms with E-state index in [0.717, 1.165) is 13.0 Å². The summed E-state index contributed by atoms with van der Waals surface area (Å²) in [7, 11) is 0. The Morgan fingerprint density at radius 3 is 2.18 bits per heavy atom.